The van der Waals surface area contributed by atoms with E-state index in [9.17, 15) is 14.9 Å². The van der Waals surface area contributed by atoms with Crippen LogP contribution in [0.3, 0.4) is 0 Å². The Morgan fingerprint density at radius 3 is 2.27 bits per heavy atom. The molecule has 2 unspecified atom stereocenters. The third kappa shape index (κ3) is 14.0. The second-order valence-corrected chi connectivity index (χ2v) is 10.1. The van der Waals surface area contributed by atoms with Crippen molar-refractivity contribution >= 4 is 41.7 Å². The fourth-order valence-corrected chi connectivity index (χ4v) is 4.83. The van der Waals surface area contributed by atoms with Gasteiger partial charge in [0.25, 0.3) is 0 Å². The summed E-state index contributed by atoms with van der Waals surface area (Å²) in [5.74, 6) is -0.955. The Bertz CT molecular complexity index is 1080. The van der Waals surface area contributed by atoms with E-state index in [0.29, 0.717) is 19.6 Å². The maximum Gasteiger partial charge on any atom is 0.238 e. The van der Waals surface area contributed by atoms with Crippen LogP contribution in [0.15, 0.2) is 48.5 Å². The zero-order chi connectivity index (χ0) is 29.0. The van der Waals surface area contributed by atoms with Crippen LogP contribution in [0, 0.1) is 24.2 Å². The van der Waals surface area contributed by atoms with Crippen molar-refractivity contribution in [3.05, 3.63) is 59.7 Å². The molecule has 0 aromatic heterocycles. The molecule has 2 aromatic rings. The van der Waals surface area contributed by atoms with Gasteiger partial charge < -0.3 is 31.0 Å². The van der Waals surface area contributed by atoms with Crippen molar-refractivity contribution < 1.29 is 18.7 Å². The van der Waals surface area contributed by atoms with Crippen molar-refractivity contribution in [2.45, 2.75) is 40.0 Å². The number of nitrogens with zero attached hydrogens (tertiary/aromatic N) is 2. The van der Waals surface area contributed by atoms with E-state index in [1.807, 2.05) is 51.0 Å². The summed E-state index contributed by atoms with van der Waals surface area (Å²) < 4.78 is 0. The van der Waals surface area contributed by atoms with E-state index < -0.39 is 11.2 Å². The number of aryl methyl sites for hydroxylation is 1. The Labute approximate surface area is 248 Å². The Morgan fingerprint density at radius 1 is 1.02 bits per heavy atom. The average Bonchev–Trinajstić information content (AvgIpc) is 2.92. The number of thioether (sulfide) groups is 1. The molecule has 2 aromatic carbocycles. The maximum absolute atomic E-state index is 12.6. The average molecular weight is 577 g/mol. The largest absolute Gasteiger partial charge is 0.384 e. The van der Waals surface area contributed by atoms with E-state index in [1.165, 1.54) is 22.9 Å². The molecular formula is C30H52N6O3S. The van der Waals surface area contributed by atoms with E-state index in [-0.39, 0.29) is 29.3 Å². The molecule has 0 spiro atoms. The number of hydrogen-bond donors (Lipinski definition) is 4. The number of amides is 2. The van der Waals surface area contributed by atoms with Crippen LogP contribution in [0.1, 0.15) is 36.7 Å². The van der Waals surface area contributed by atoms with Crippen LogP contribution in [0.5, 0.6) is 0 Å². The molecule has 0 saturated carbocycles. The van der Waals surface area contributed by atoms with Gasteiger partial charge in [-0.3, -0.25) is 9.59 Å². The summed E-state index contributed by atoms with van der Waals surface area (Å²) >= 11 is 1.32. The first kappa shape index (κ1) is 36.5. The lowest BCUT2D eigenvalue weighted by molar-refractivity contribution is -0.123. The molecule has 40 heavy (non-hydrogen) atoms. The molecular weight excluding hydrogens is 524 g/mol. The lowest BCUT2D eigenvalue weighted by Crippen LogP contribution is -2.38. The number of rotatable bonds is 16. The van der Waals surface area contributed by atoms with E-state index in [4.69, 9.17) is 4.79 Å². The third-order valence-corrected chi connectivity index (χ3v) is 6.95. The summed E-state index contributed by atoms with van der Waals surface area (Å²) in [7, 11) is 2.11. The van der Waals surface area contributed by atoms with Crippen LogP contribution in [0.4, 0.5) is 11.4 Å². The molecule has 2 rings (SSSR count). The van der Waals surface area contributed by atoms with Crippen LogP contribution in [-0.2, 0) is 20.9 Å². The fourth-order valence-electron chi connectivity index (χ4n) is 3.74. The number of carbonyl (C=O) groups excluding carboxylic acids is 3. The van der Waals surface area contributed by atoms with E-state index in [0.717, 1.165) is 31.0 Å². The number of nitrogens with one attached hydrogen (secondary N) is 4. The smallest absolute Gasteiger partial charge is 0.238 e. The van der Waals surface area contributed by atoms with Gasteiger partial charge in [0.15, 0.2) is 0 Å². The lowest BCUT2D eigenvalue weighted by Gasteiger charge is -2.19. The van der Waals surface area contributed by atoms with Crippen LogP contribution in [0.25, 0.3) is 0 Å². The molecule has 2 atom stereocenters. The van der Waals surface area contributed by atoms with Crippen LogP contribution < -0.4 is 21.3 Å². The van der Waals surface area contributed by atoms with Crippen LogP contribution >= 0.6 is 11.8 Å². The van der Waals surface area contributed by atoms with E-state index >= 15 is 0 Å². The summed E-state index contributed by atoms with van der Waals surface area (Å²) in [5, 5.41) is 21.3. The first-order valence-electron chi connectivity index (χ1n) is 13.0. The summed E-state index contributed by atoms with van der Waals surface area (Å²) in [4.78, 5) is 35.0. The third-order valence-electron chi connectivity index (χ3n) is 5.64. The van der Waals surface area contributed by atoms with Gasteiger partial charge in [-0.1, -0.05) is 43.3 Å². The number of hydrogen-bond acceptors (Lipinski definition) is 8. The highest BCUT2D eigenvalue weighted by Gasteiger charge is 2.24. The number of benzene rings is 2. The van der Waals surface area contributed by atoms with Crippen molar-refractivity contribution in [1.82, 2.24) is 15.5 Å². The zero-order valence-electron chi connectivity index (χ0n) is 23.5. The Morgan fingerprint density at radius 2 is 1.65 bits per heavy atom. The first-order chi connectivity index (χ1) is 18.9. The minimum atomic E-state index is -0.793. The minimum absolute atomic E-state index is 0. The van der Waals surface area contributed by atoms with Crippen LogP contribution in [0.2, 0.25) is 0 Å². The minimum Gasteiger partial charge on any atom is -0.384 e. The SMILES string of the molecule is C.C=O.CCNC(=O)C(C#N)CSC(CNc1cccc(NCCN(C)Cc2cccc(C)c2)c1)C(=O)NCC.[HH].[HH].[HH]. The molecule has 0 saturated heterocycles. The number of anilines is 2. The molecule has 2 amide bonds. The second kappa shape index (κ2) is 21.3. The molecule has 9 nitrogen and oxygen atoms in total. The van der Waals surface area contributed by atoms with Gasteiger partial charge in [-0.2, -0.15) is 5.26 Å². The zero-order valence-corrected chi connectivity index (χ0v) is 24.3. The topological polar surface area (TPSA) is 126 Å². The Balaban J connectivity index is -0.00000124. The molecule has 0 aliphatic heterocycles. The summed E-state index contributed by atoms with van der Waals surface area (Å²) in [6, 6.07) is 18.6. The standard InChI is InChI=1S/C28H40N6O2S.CH2O.CH4.3H2/c1-5-30-27(35)23(17-29)20-37-26(28(36)31-6-2)18-33-25-12-8-11-24(16-25)32-13-14-34(4)19-22-10-7-9-21(3)15-22;1-2;;;;/h7-12,15-16,23,26,32-33H,5-6,13-14,18-20H2,1-4H3,(H,30,35)(H,31,36);1H2;1H4;3*1H. The Hall–Kier alpha value is -3.55. The van der Waals surface area contributed by atoms with Gasteiger partial charge in [0.05, 0.1) is 6.07 Å². The predicted molar refractivity (Wildman–Crippen MR) is 174 cm³/mol. The summed E-state index contributed by atoms with van der Waals surface area (Å²) in [6.45, 7) is 11.8. The highest BCUT2D eigenvalue weighted by atomic mass is 32.2. The van der Waals surface area contributed by atoms with Gasteiger partial charge in [-0.25, -0.2) is 0 Å². The maximum atomic E-state index is 12.6. The van der Waals surface area contributed by atoms with Crippen molar-refractivity contribution in [3.8, 4) is 6.07 Å². The fraction of sp³-hybridized carbons (Fsp3) is 0.467. The molecule has 0 bridgehead atoms. The van der Waals surface area contributed by atoms with Crippen LogP contribution in [-0.4, -0.2) is 74.3 Å². The van der Waals surface area contributed by atoms with Gasteiger partial charge in [-0.05, 0) is 51.6 Å². The summed E-state index contributed by atoms with van der Waals surface area (Å²) in [6.07, 6.45) is 0. The van der Waals surface area contributed by atoms with Crippen molar-refractivity contribution in [1.29, 1.82) is 5.26 Å². The lowest BCUT2D eigenvalue weighted by atomic mass is 10.1. The summed E-state index contributed by atoms with van der Waals surface area (Å²) in [5.41, 5.74) is 4.47. The van der Waals surface area contributed by atoms with Gasteiger partial charge in [0.2, 0.25) is 11.8 Å². The normalized spacial score (nSPS) is 11.5. The molecule has 0 fully saturated rings. The van der Waals surface area contributed by atoms with Gasteiger partial charge in [0.1, 0.15) is 18.0 Å². The number of carbonyl (C=O) groups is 3. The van der Waals surface area contributed by atoms with E-state index in [2.05, 4.69) is 64.4 Å². The Kier molecular flexibility index (Phi) is 19.4. The molecule has 0 aliphatic rings. The molecule has 0 radical (unpaired) electrons. The van der Waals surface area contributed by atoms with Gasteiger partial charge in [0, 0.05) is 60.7 Å². The number of likely N-dealkylation sites (N-methyl/N-ethyl adjacent to an activating group) is 1. The molecule has 226 valence electrons. The second-order valence-electron chi connectivity index (χ2n) is 8.91. The monoisotopic (exact) mass is 576 g/mol. The molecule has 10 heteroatoms. The number of nitriles is 1. The molecule has 0 heterocycles. The highest BCUT2D eigenvalue weighted by Crippen LogP contribution is 2.19. The van der Waals surface area contributed by atoms with Gasteiger partial charge >= 0.3 is 0 Å². The van der Waals surface area contributed by atoms with Gasteiger partial charge in [-0.15, -0.1) is 11.8 Å². The predicted octanol–water partition coefficient (Wildman–Crippen LogP) is 4.65. The van der Waals surface area contributed by atoms with E-state index in [1.54, 1.807) is 0 Å². The quantitative estimate of drug-likeness (QED) is 0.227. The molecule has 4 N–H and O–H groups in total. The first-order valence-corrected chi connectivity index (χ1v) is 14.1. The highest BCUT2D eigenvalue weighted by molar-refractivity contribution is 8.00. The van der Waals surface area contributed by atoms with Crippen molar-refractivity contribution in [2.75, 3.05) is 56.2 Å². The molecule has 0 aliphatic carbocycles. The van der Waals surface area contributed by atoms with Crippen molar-refractivity contribution in [3.63, 3.8) is 0 Å². The van der Waals surface area contributed by atoms with Crippen molar-refractivity contribution in [2.24, 2.45) is 5.92 Å².